The van der Waals surface area contributed by atoms with Gasteiger partial charge in [-0.1, -0.05) is 19.3 Å². The zero-order chi connectivity index (χ0) is 16.1. The minimum Gasteiger partial charge on any atom is -0.389 e. The Morgan fingerprint density at radius 1 is 1.17 bits per heavy atom. The number of aromatic nitrogens is 3. The maximum atomic E-state index is 11.9. The van der Waals surface area contributed by atoms with Gasteiger partial charge in [-0.15, -0.1) is 10.2 Å². The van der Waals surface area contributed by atoms with Crippen LogP contribution in [0.15, 0.2) is 0 Å². The summed E-state index contributed by atoms with van der Waals surface area (Å²) in [7, 11) is 0. The Balaban J connectivity index is 1.40. The third-order valence-electron chi connectivity index (χ3n) is 5.11. The van der Waals surface area contributed by atoms with E-state index >= 15 is 0 Å². The summed E-state index contributed by atoms with van der Waals surface area (Å²) in [5, 5.41) is 21.8. The highest BCUT2D eigenvalue weighted by molar-refractivity contribution is 5.77. The number of nitrogens with zero attached hydrogens (tertiary/aromatic N) is 3. The predicted octanol–water partition coefficient (Wildman–Crippen LogP) is 1.75. The SMILES string of the molecule is O=C(CC1(O)CCCC1)NCCCc1nnc2n1CCCCC2. The number of carbonyl (C=O) groups is 1. The Kier molecular flexibility index (Phi) is 5.30. The summed E-state index contributed by atoms with van der Waals surface area (Å²) in [4.78, 5) is 11.9. The molecule has 0 spiro atoms. The fourth-order valence-electron chi connectivity index (χ4n) is 3.78. The largest absolute Gasteiger partial charge is 0.389 e. The lowest BCUT2D eigenvalue weighted by Crippen LogP contribution is -2.35. The van der Waals surface area contributed by atoms with Crippen LogP contribution in [0.5, 0.6) is 0 Å². The van der Waals surface area contributed by atoms with E-state index in [1.807, 2.05) is 0 Å². The number of rotatable bonds is 6. The van der Waals surface area contributed by atoms with Crippen LogP contribution in [0.4, 0.5) is 0 Å². The van der Waals surface area contributed by atoms with Crippen molar-refractivity contribution in [3.05, 3.63) is 11.6 Å². The molecule has 1 saturated carbocycles. The lowest BCUT2D eigenvalue weighted by Gasteiger charge is -2.21. The zero-order valence-electron chi connectivity index (χ0n) is 13.9. The van der Waals surface area contributed by atoms with Crippen molar-refractivity contribution in [2.24, 2.45) is 0 Å². The second kappa shape index (κ2) is 7.43. The number of carbonyl (C=O) groups excluding carboxylic acids is 1. The third kappa shape index (κ3) is 4.31. The van der Waals surface area contributed by atoms with Crippen LogP contribution in [0.25, 0.3) is 0 Å². The molecule has 128 valence electrons. The van der Waals surface area contributed by atoms with Crippen LogP contribution in [0.3, 0.4) is 0 Å². The van der Waals surface area contributed by atoms with Crippen molar-refractivity contribution in [2.45, 2.75) is 82.8 Å². The van der Waals surface area contributed by atoms with Crippen molar-refractivity contribution < 1.29 is 9.90 Å². The van der Waals surface area contributed by atoms with Gasteiger partial charge in [-0.3, -0.25) is 4.79 Å². The van der Waals surface area contributed by atoms with Gasteiger partial charge in [0.25, 0.3) is 0 Å². The zero-order valence-corrected chi connectivity index (χ0v) is 13.9. The van der Waals surface area contributed by atoms with E-state index in [2.05, 4.69) is 20.1 Å². The number of fused-ring (bicyclic) bond motifs is 1. The van der Waals surface area contributed by atoms with Crippen molar-refractivity contribution in [1.29, 1.82) is 0 Å². The van der Waals surface area contributed by atoms with Crippen LogP contribution in [0.1, 0.15) is 69.4 Å². The molecule has 1 aromatic heterocycles. The smallest absolute Gasteiger partial charge is 0.222 e. The lowest BCUT2D eigenvalue weighted by atomic mass is 9.98. The molecule has 6 nitrogen and oxygen atoms in total. The molecular formula is C17H28N4O2. The van der Waals surface area contributed by atoms with Gasteiger partial charge in [0.2, 0.25) is 5.91 Å². The first kappa shape index (κ1) is 16.4. The number of aryl methyl sites for hydroxylation is 2. The average Bonchev–Trinajstić information content (AvgIpc) is 3.03. The summed E-state index contributed by atoms with van der Waals surface area (Å²) in [6.07, 6.45) is 10.2. The van der Waals surface area contributed by atoms with Gasteiger partial charge < -0.3 is 15.0 Å². The molecule has 0 atom stereocenters. The molecule has 23 heavy (non-hydrogen) atoms. The van der Waals surface area contributed by atoms with Gasteiger partial charge in [-0.2, -0.15) is 0 Å². The molecule has 0 saturated heterocycles. The lowest BCUT2D eigenvalue weighted by molar-refractivity contribution is -0.125. The second-order valence-corrected chi connectivity index (χ2v) is 7.06. The Bertz CT molecular complexity index is 535. The van der Waals surface area contributed by atoms with E-state index in [1.165, 1.54) is 19.3 Å². The molecule has 0 aromatic carbocycles. The standard InChI is InChI=1S/C17H28N4O2/c22-16(13-17(23)9-3-4-10-17)18-11-6-8-15-20-19-14-7-2-1-5-12-21(14)15/h23H,1-13H2,(H,18,22). The first-order chi connectivity index (χ1) is 11.2. The highest BCUT2D eigenvalue weighted by Gasteiger charge is 2.33. The quantitative estimate of drug-likeness (QED) is 0.783. The van der Waals surface area contributed by atoms with Gasteiger partial charge in [0.1, 0.15) is 11.6 Å². The Morgan fingerprint density at radius 2 is 2.00 bits per heavy atom. The van der Waals surface area contributed by atoms with Crippen molar-refractivity contribution in [3.8, 4) is 0 Å². The maximum Gasteiger partial charge on any atom is 0.222 e. The summed E-state index contributed by atoms with van der Waals surface area (Å²) in [6, 6.07) is 0. The minimum atomic E-state index is -0.756. The van der Waals surface area contributed by atoms with Crippen LogP contribution in [0, 0.1) is 0 Å². The monoisotopic (exact) mass is 320 g/mol. The van der Waals surface area contributed by atoms with E-state index in [4.69, 9.17) is 0 Å². The number of aliphatic hydroxyl groups is 1. The van der Waals surface area contributed by atoms with E-state index in [9.17, 15) is 9.90 Å². The van der Waals surface area contributed by atoms with E-state index < -0.39 is 5.60 Å². The topological polar surface area (TPSA) is 80.0 Å². The predicted molar refractivity (Wildman–Crippen MR) is 86.9 cm³/mol. The van der Waals surface area contributed by atoms with E-state index in [0.717, 1.165) is 63.1 Å². The van der Waals surface area contributed by atoms with E-state index in [0.29, 0.717) is 6.54 Å². The van der Waals surface area contributed by atoms with E-state index in [1.54, 1.807) is 0 Å². The van der Waals surface area contributed by atoms with Crippen molar-refractivity contribution in [2.75, 3.05) is 6.54 Å². The van der Waals surface area contributed by atoms with Gasteiger partial charge in [-0.25, -0.2) is 0 Å². The van der Waals surface area contributed by atoms with Gasteiger partial charge in [0.05, 0.1) is 12.0 Å². The molecule has 0 unspecified atom stereocenters. The van der Waals surface area contributed by atoms with Crippen LogP contribution >= 0.6 is 0 Å². The number of nitrogens with one attached hydrogen (secondary N) is 1. The second-order valence-electron chi connectivity index (χ2n) is 7.06. The molecule has 2 aliphatic rings. The Morgan fingerprint density at radius 3 is 2.83 bits per heavy atom. The fraction of sp³-hybridized carbons (Fsp3) is 0.824. The molecule has 0 bridgehead atoms. The van der Waals surface area contributed by atoms with Crippen LogP contribution in [-0.4, -0.2) is 37.9 Å². The van der Waals surface area contributed by atoms with E-state index in [-0.39, 0.29) is 12.3 Å². The molecule has 1 aliphatic heterocycles. The fourth-order valence-corrected chi connectivity index (χ4v) is 3.78. The summed E-state index contributed by atoms with van der Waals surface area (Å²) >= 11 is 0. The molecule has 1 amide bonds. The summed E-state index contributed by atoms with van der Waals surface area (Å²) < 4.78 is 2.26. The maximum absolute atomic E-state index is 11.9. The first-order valence-corrected chi connectivity index (χ1v) is 9.06. The van der Waals surface area contributed by atoms with Gasteiger partial charge in [0, 0.05) is 25.9 Å². The number of hydrogen-bond donors (Lipinski definition) is 2. The van der Waals surface area contributed by atoms with Crippen LogP contribution in [-0.2, 0) is 24.2 Å². The highest BCUT2D eigenvalue weighted by Crippen LogP contribution is 2.32. The average molecular weight is 320 g/mol. The van der Waals surface area contributed by atoms with Gasteiger partial charge >= 0.3 is 0 Å². The summed E-state index contributed by atoms with van der Waals surface area (Å²) in [5.74, 6) is 2.13. The normalized spacial score (nSPS) is 20.0. The number of amides is 1. The summed E-state index contributed by atoms with van der Waals surface area (Å²) in [5.41, 5.74) is -0.756. The third-order valence-corrected chi connectivity index (χ3v) is 5.11. The molecule has 6 heteroatoms. The molecule has 1 aliphatic carbocycles. The minimum absolute atomic E-state index is 0.0329. The molecular weight excluding hydrogens is 292 g/mol. The molecule has 3 rings (SSSR count). The molecule has 1 fully saturated rings. The van der Waals surface area contributed by atoms with Gasteiger partial charge in [-0.05, 0) is 32.1 Å². The number of hydrogen-bond acceptors (Lipinski definition) is 4. The Hall–Kier alpha value is -1.43. The van der Waals surface area contributed by atoms with Crippen LogP contribution < -0.4 is 5.32 Å². The molecule has 1 aromatic rings. The van der Waals surface area contributed by atoms with Crippen molar-refractivity contribution in [3.63, 3.8) is 0 Å². The Labute approximate surface area is 137 Å². The van der Waals surface area contributed by atoms with Crippen molar-refractivity contribution in [1.82, 2.24) is 20.1 Å². The summed E-state index contributed by atoms with van der Waals surface area (Å²) in [6.45, 7) is 1.66. The first-order valence-electron chi connectivity index (χ1n) is 9.06. The molecule has 0 radical (unpaired) electrons. The van der Waals surface area contributed by atoms with Gasteiger partial charge in [0.15, 0.2) is 0 Å². The van der Waals surface area contributed by atoms with Crippen molar-refractivity contribution >= 4 is 5.91 Å². The van der Waals surface area contributed by atoms with Crippen LogP contribution in [0.2, 0.25) is 0 Å². The highest BCUT2D eigenvalue weighted by atomic mass is 16.3. The molecule has 2 N–H and O–H groups in total. The molecule has 2 heterocycles.